The first-order valence-electron chi connectivity index (χ1n) is 23.1. The number of pyridine rings is 2. The Kier molecular flexibility index (Phi) is 12.0. The topological polar surface area (TPSA) is 188 Å². The Labute approximate surface area is 379 Å². The smallest absolute Gasteiger partial charge is 0.312 e. The van der Waals surface area contributed by atoms with Gasteiger partial charge in [0, 0.05) is 94.0 Å². The number of amides is 1. The Hall–Kier alpha value is -5.62. The molecule has 5 aromatic rings. The molecule has 2 aliphatic carbocycles. The quantitative estimate of drug-likeness (QED) is 0.0730. The van der Waals surface area contributed by atoms with Crippen LogP contribution in [0.15, 0.2) is 84.1 Å². The van der Waals surface area contributed by atoms with Gasteiger partial charge in [0.1, 0.15) is 22.0 Å². The number of carbonyl (C=O) groups excluding carboxylic acids is 1. The molecule has 5 aliphatic rings. The van der Waals surface area contributed by atoms with Crippen molar-refractivity contribution < 1.29 is 27.6 Å². The summed E-state index contributed by atoms with van der Waals surface area (Å²) in [6.45, 7) is 9.97. The van der Waals surface area contributed by atoms with Gasteiger partial charge < -0.3 is 29.6 Å². The molecule has 5 fully saturated rings. The number of rotatable bonds is 14. The van der Waals surface area contributed by atoms with Crippen molar-refractivity contribution in [2.45, 2.75) is 81.2 Å². The van der Waals surface area contributed by atoms with E-state index in [-0.39, 0.29) is 28.5 Å². The van der Waals surface area contributed by atoms with Gasteiger partial charge in [0.05, 0.1) is 22.9 Å². The first-order valence-corrected chi connectivity index (χ1v) is 24.6. The van der Waals surface area contributed by atoms with E-state index in [1.54, 1.807) is 36.2 Å². The Balaban J connectivity index is 0.843. The minimum Gasteiger partial charge on any atom is -0.455 e. The second-order valence-electron chi connectivity index (χ2n) is 18.6. The van der Waals surface area contributed by atoms with Crippen LogP contribution >= 0.6 is 0 Å². The third-order valence-corrected chi connectivity index (χ3v) is 15.9. The van der Waals surface area contributed by atoms with E-state index >= 15 is 0 Å². The van der Waals surface area contributed by atoms with Crippen LogP contribution in [0.3, 0.4) is 0 Å². The average Bonchev–Trinajstić information content (AvgIpc) is 4.06. The number of aromatic amines is 1. The Morgan fingerprint density at radius 3 is 2.51 bits per heavy atom. The fourth-order valence-corrected chi connectivity index (χ4v) is 11.6. The van der Waals surface area contributed by atoms with Gasteiger partial charge in [0.25, 0.3) is 15.9 Å². The summed E-state index contributed by atoms with van der Waals surface area (Å²) in [6.07, 6.45) is 13.0. The van der Waals surface area contributed by atoms with Crippen molar-refractivity contribution in [1.29, 1.82) is 0 Å². The molecule has 0 unspecified atom stereocenters. The fourth-order valence-electron chi connectivity index (χ4n) is 10.6. The average molecular weight is 904 g/mol. The number of nitrogens with one attached hydrogen (secondary N) is 3. The zero-order valence-corrected chi connectivity index (χ0v) is 37.6. The largest absolute Gasteiger partial charge is 0.455 e. The molecule has 17 heteroatoms. The van der Waals surface area contributed by atoms with Crippen molar-refractivity contribution in [3.63, 3.8) is 0 Å². The molecular formula is C48H57N9O7S. The molecule has 3 N–H and O–H groups in total. The molecule has 1 amide bonds. The summed E-state index contributed by atoms with van der Waals surface area (Å²) in [7, 11) is -4.61. The predicted molar refractivity (Wildman–Crippen MR) is 247 cm³/mol. The Bertz CT molecular complexity index is 2670. The minimum absolute atomic E-state index is 0.0278. The predicted octanol–water partition coefficient (Wildman–Crippen LogP) is 7.62. The summed E-state index contributed by atoms with van der Waals surface area (Å²) in [5, 5.41) is 15.9. The summed E-state index contributed by atoms with van der Waals surface area (Å²) >= 11 is 0. The third kappa shape index (κ3) is 9.15. The lowest BCUT2D eigenvalue weighted by Crippen LogP contribution is -2.60. The van der Waals surface area contributed by atoms with Crippen LogP contribution in [0.2, 0.25) is 0 Å². The van der Waals surface area contributed by atoms with Gasteiger partial charge in [-0.3, -0.25) is 19.8 Å². The molecular weight excluding hydrogens is 847 g/mol. The van der Waals surface area contributed by atoms with Crippen LogP contribution in [0.4, 0.5) is 17.2 Å². The number of benzene rings is 2. The van der Waals surface area contributed by atoms with Crippen LogP contribution in [0, 0.1) is 21.4 Å². The van der Waals surface area contributed by atoms with E-state index in [0.717, 1.165) is 88.3 Å². The normalized spacial score (nSPS) is 21.0. The highest BCUT2D eigenvalue weighted by atomic mass is 32.2. The van der Waals surface area contributed by atoms with Gasteiger partial charge in [-0.1, -0.05) is 31.2 Å². The van der Waals surface area contributed by atoms with Crippen LogP contribution in [0.1, 0.15) is 91.7 Å². The maximum atomic E-state index is 14.0. The summed E-state index contributed by atoms with van der Waals surface area (Å²) in [6, 6.07) is 19.9. The second kappa shape index (κ2) is 18.0. The first kappa shape index (κ1) is 43.3. The second-order valence-corrected chi connectivity index (χ2v) is 20.3. The van der Waals surface area contributed by atoms with Crippen molar-refractivity contribution in [2.24, 2.45) is 11.3 Å². The van der Waals surface area contributed by atoms with Gasteiger partial charge in [-0.15, -0.1) is 0 Å². The van der Waals surface area contributed by atoms with Crippen LogP contribution in [0.5, 0.6) is 11.5 Å². The Morgan fingerprint density at radius 2 is 1.75 bits per heavy atom. The van der Waals surface area contributed by atoms with E-state index in [1.165, 1.54) is 31.2 Å². The van der Waals surface area contributed by atoms with Crippen molar-refractivity contribution in [1.82, 2.24) is 29.5 Å². The van der Waals surface area contributed by atoms with Crippen molar-refractivity contribution in [3.8, 4) is 11.5 Å². The first-order chi connectivity index (χ1) is 31.5. The summed E-state index contributed by atoms with van der Waals surface area (Å²) < 4.78 is 41.3. The number of carbonyl (C=O) groups is 1. The van der Waals surface area contributed by atoms with Crippen molar-refractivity contribution in [3.05, 3.63) is 106 Å². The molecule has 1 atom stereocenters. The number of piperazine rings is 1. The van der Waals surface area contributed by atoms with Gasteiger partial charge in [0.15, 0.2) is 0 Å². The zero-order valence-electron chi connectivity index (χ0n) is 36.8. The molecule has 342 valence electrons. The van der Waals surface area contributed by atoms with Crippen molar-refractivity contribution in [2.75, 3.05) is 69.2 Å². The van der Waals surface area contributed by atoms with Crippen molar-refractivity contribution >= 4 is 44.2 Å². The van der Waals surface area contributed by atoms with Crippen LogP contribution in [-0.2, 0) is 14.8 Å². The number of anilines is 2. The van der Waals surface area contributed by atoms with Crippen LogP contribution in [0.25, 0.3) is 11.0 Å². The molecule has 3 aromatic heterocycles. The highest BCUT2D eigenvalue weighted by Crippen LogP contribution is 2.54. The number of nitro groups is 1. The number of fused-ring (bicyclic) bond motifs is 1. The lowest BCUT2D eigenvalue weighted by molar-refractivity contribution is -0.384. The molecule has 2 saturated carbocycles. The molecule has 6 heterocycles. The summed E-state index contributed by atoms with van der Waals surface area (Å²) in [5.74, 6) is 0.469. The number of likely N-dealkylation sites (N-methyl/N-ethyl adjacent to an activating group) is 1. The van der Waals surface area contributed by atoms with E-state index in [2.05, 4.69) is 70.9 Å². The van der Waals surface area contributed by atoms with E-state index in [1.807, 2.05) is 12.1 Å². The standard InChI is InChI=1S/C48H57N9O7S/c1-2-54-19-20-56(43(31-54)40-6-4-3-5-39(40)33-7-8-33)36-26-48(27-36)14-17-55(18-15-48)35-9-10-41(44(24-35)64-37-23-34-11-16-49-45(34)51-29-37)47(58)53-65(61,62)38-25-42(57(59)60)46(52-30-38)50-28-32-12-21-63-22-13-32/h3-6,9-11,16,23-25,29-30,32-33,36,43H,2,7-8,12-15,17-22,26-28,31H2,1H3,(H,49,51)(H,50,52)(H,53,58)/t43-/m0/s1. The minimum atomic E-state index is -4.61. The summed E-state index contributed by atoms with van der Waals surface area (Å²) in [5.41, 5.74) is 4.37. The molecule has 16 nitrogen and oxygen atoms in total. The van der Waals surface area contributed by atoms with Gasteiger partial charge >= 0.3 is 5.69 Å². The number of nitrogens with zero attached hydrogens (tertiary/aromatic N) is 6. The molecule has 3 saturated heterocycles. The number of ether oxygens (including phenoxy) is 2. The van der Waals surface area contributed by atoms with E-state index in [0.29, 0.717) is 49.2 Å². The lowest BCUT2D eigenvalue weighted by atomic mass is 9.59. The number of hydrogen-bond acceptors (Lipinski definition) is 13. The van der Waals surface area contributed by atoms with Crippen LogP contribution < -0.4 is 19.7 Å². The maximum absolute atomic E-state index is 14.0. The van der Waals surface area contributed by atoms with Gasteiger partial charge in [-0.2, -0.15) is 0 Å². The maximum Gasteiger partial charge on any atom is 0.312 e. The molecule has 1 spiro atoms. The highest BCUT2D eigenvalue weighted by molar-refractivity contribution is 7.90. The van der Waals surface area contributed by atoms with Gasteiger partial charge in [0.2, 0.25) is 5.82 Å². The number of sulfonamides is 1. The SMILES string of the molecule is CCN1CCN(C2CC3(CCN(c4ccc(C(=O)NS(=O)(=O)c5cnc(NCC6CCOCC6)c([N+](=O)[O-])c5)c(Oc5cnc6[nH]ccc6c5)c4)CC3)C2)[C@H](c2ccccc2C2CC2)C1. The monoisotopic (exact) mass is 903 g/mol. The van der Waals surface area contributed by atoms with Crippen LogP contribution in [-0.4, -0.2) is 109 Å². The number of piperidine rings is 1. The molecule has 2 aromatic carbocycles. The number of aromatic nitrogens is 3. The Morgan fingerprint density at radius 1 is 0.969 bits per heavy atom. The van der Waals surface area contributed by atoms with E-state index in [9.17, 15) is 23.3 Å². The zero-order chi connectivity index (χ0) is 44.7. The van der Waals surface area contributed by atoms with E-state index < -0.39 is 31.4 Å². The van der Waals surface area contributed by atoms with Gasteiger partial charge in [-0.25, -0.2) is 23.1 Å². The molecule has 0 bridgehead atoms. The third-order valence-electron chi connectivity index (χ3n) is 14.6. The molecule has 10 rings (SSSR count). The number of H-pyrrole nitrogens is 1. The van der Waals surface area contributed by atoms with Gasteiger partial charge in [-0.05, 0) is 111 Å². The summed E-state index contributed by atoms with van der Waals surface area (Å²) in [4.78, 5) is 44.2. The lowest BCUT2D eigenvalue weighted by Gasteiger charge is -2.58. The van der Waals surface area contributed by atoms with E-state index in [4.69, 9.17) is 9.47 Å². The number of hydrogen-bond donors (Lipinski definition) is 3. The molecule has 3 aliphatic heterocycles. The fraction of sp³-hybridized carbons (Fsp3) is 0.479. The highest BCUT2D eigenvalue weighted by Gasteiger charge is 2.50. The molecule has 0 radical (unpaired) electrons. The molecule has 65 heavy (non-hydrogen) atoms.